The van der Waals surface area contributed by atoms with Gasteiger partial charge in [0.1, 0.15) is 23.8 Å². The number of halogens is 2. The van der Waals surface area contributed by atoms with E-state index in [1.165, 1.54) is 12.1 Å². The second kappa shape index (κ2) is 14.8. The molecule has 0 spiro atoms. The van der Waals surface area contributed by atoms with Crippen LogP contribution in [0.1, 0.15) is 70.8 Å². The molecule has 1 aromatic rings. The van der Waals surface area contributed by atoms with Gasteiger partial charge in [0, 0.05) is 75.7 Å². The number of nitrogens with zero attached hydrogens (tertiary/aromatic N) is 6. The number of hydrazone groups is 1. The fourth-order valence-corrected chi connectivity index (χ4v) is 8.98. The summed E-state index contributed by atoms with van der Waals surface area (Å²) in [5.74, 6) is -1.34. The van der Waals surface area contributed by atoms with Crippen LogP contribution < -0.4 is 5.43 Å². The molecule has 4 atom stereocenters. The highest BCUT2D eigenvalue weighted by molar-refractivity contribution is 6.23. The first-order valence-electron chi connectivity index (χ1n) is 18.9. The number of amidine groups is 1. The molecule has 1 unspecified atom stereocenters. The second-order valence-electron chi connectivity index (χ2n) is 16.1. The van der Waals surface area contributed by atoms with Gasteiger partial charge < -0.3 is 34.7 Å². The molecule has 4 saturated heterocycles. The van der Waals surface area contributed by atoms with Crippen LogP contribution in [-0.4, -0.2) is 138 Å². The summed E-state index contributed by atoms with van der Waals surface area (Å²) in [4.78, 5) is 53.1. The highest BCUT2D eigenvalue weighted by Gasteiger charge is 2.50. The van der Waals surface area contributed by atoms with Gasteiger partial charge in [-0.3, -0.25) is 14.4 Å². The predicted molar refractivity (Wildman–Crippen MR) is 189 cm³/mol. The van der Waals surface area contributed by atoms with Gasteiger partial charge in [0.25, 0.3) is 5.91 Å². The van der Waals surface area contributed by atoms with Crippen molar-refractivity contribution in [3.63, 3.8) is 0 Å². The van der Waals surface area contributed by atoms with Crippen LogP contribution in [0, 0.1) is 23.0 Å². The number of amides is 3. The Morgan fingerprint density at radius 1 is 0.961 bits per heavy atom. The number of hydrogen-bond donors (Lipinski definition) is 1. The van der Waals surface area contributed by atoms with Crippen molar-refractivity contribution >= 4 is 29.1 Å². The Morgan fingerprint density at radius 3 is 2.43 bits per heavy atom. The van der Waals surface area contributed by atoms with E-state index in [1.54, 1.807) is 4.90 Å². The van der Waals surface area contributed by atoms with E-state index in [-0.39, 0.29) is 40.8 Å². The standard InChI is InChI=1S/C38H53F2N7O4/c1-38(2)12-8-27(9-13-38)47(37(50)33-5-4-20-51-33)28-22-32(36(49)44-18-16-43(3)17-19-44)46(24-28)35(48)25-11-15-45(23-25)34-30(10-14-41-42-34)29-7-6-26(39)21-31(29)40/h6-7,10,21,25,27-28,32-33,41H,4-5,8-9,11-20,22-24H2,1-3H3/t25-,28?,32-,33-/m0/s1. The summed E-state index contributed by atoms with van der Waals surface area (Å²) < 4.78 is 34.6. The number of carbonyl (C=O) groups is 3. The van der Waals surface area contributed by atoms with E-state index in [9.17, 15) is 23.2 Å². The van der Waals surface area contributed by atoms with E-state index in [0.29, 0.717) is 76.5 Å². The minimum absolute atomic E-state index is 0.00416. The fourth-order valence-electron chi connectivity index (χ4n) is 8.98. The monoisotopic (exact) mass is 709 g/mol. The molecule has 0 aromatic heterocycles. The average molecular weight is 710 g/mol. The molecule has 6 aliphatic rings. The number of likely N-dealkylation sites (N-methyl/N-ethyl adjacent to an activating group) is 1. The van der Waals surface area contributed by atoms with E-state index >= 15 is 0 Å². The number of nitrogens with one attached hydrogen (secondary N) is 1. The molecule has 278 valence electrons. The van der Waals surface area contributed by atoms with Crippen LogP contribution in [0.4, 0.5) is 8.78 Å². The lowest BCUT2D eigenvalue weighted by molar-refractivity contribution is -0.148. The molecule has 0 bridgehead atoms. The first kappa shape index (κ1) is 35.8. The highest BCUT2D eigenvalue weighted by atomic mass is 19.1. The molecule has 0 radical (unpaired) electrons. The summed E-state index contributed by atoms with van der Waals surface area (Å²) >= 11 is 0. The van der Waals surface area contributed by atoms with Crippen molar-refractivity contribution in [1.82, 2.24) is 29.9 Å². The number of rotatable bonds is 6. The number of benzene rings is 1. The summed E-state index contributed by atoms with van der Waals surface area (Å²) in [7, 11) is 2.05. The van der Waals surface area contributed by atoms with Crippen molar-refractivity contribution in [3.05, 3.63) is 41.5 Å². The third kappa shape index (κ3) is 7.51. The van der Waals surface area contributed by atoms with Crippen LogP contribution in [-0.2, 0) is 19.1 Å². The van der Waals surface area contributed by atoms with Crippen molar-refractivity contribution < 1.29 is 27.9 Å². The lowest BCUT2D eigenvalue weighted by Gasteiger charge is -2.43. The maximum Gasteiger partial charge on any atom is 0.252 e. The van der Waals surface area contributed by atoms with E-state index in [2.05, 4.69) is 29.3 Å². The lowest BCUT2D eigenvalue weighted by Crippen LogP contribution is -2.54. The van der Waals surface area contributed by atoms with Gasteiger partial charge in [0.05, 0.1) is 18.5 Å². The molecule has 3 amide bonds. The minimum Gasteiger partial charge on any atom is -0.368 e. The summed E-state index contributed by atoms with van der Waals surface area (Å²) in [6.07, 6.45) is 7.68. The zero-order chi connectivity index (χ0) is 35.9. The van der Waals surface area contributed by atoms with Crippen molar-refractivity contribution in [1.29, 1.82) is 0 Å². The molecule has 1 aliphatic carbocycles. The van der Waals surface area contributed by atoms with E-state index in [0.717, 1.165) is 51.3 Å². The van der Waals surface area contributed by atoms with Crippen LogP contribution in [0.25, 0.3) is 5.57 Å². The molecular weight excluding hydrogens is 656 g/mol. The maximum absolute atomic E-state index is 14.9. The Hall–Kier alpha value is -3.58. The molecule has 5 aliphatic heterocycles. The van der Waals surface area contributed by atoms with Gasteiger partial charge in [-0.15, -0.1) is 0 Å². The van der Waals surface area contributed by atoms with E-state index in [4.69, 9.17) is 4.74 Å². The molecule has 7 rings (SSSR count). The number of ether oxygens (including phenoxy) is 1. The van der Waals surface area contributed by atoms with Crippen LogP contribution in [0.2, 0.25) is 0 Å². The molecule has 11 nitrogen and oxygen atoms in total. The number of piperazine rings is 1. The summed E-state index contributed by atoms with van der Waals surface area (Å²) in [5.41, 5.74) is 4.00. The smallest absolute Gasteiger partial charge is 0.252 e. The molecule has 51 heavy (non-hydrogen) atoms. The summed E-state index contributed by atoms with van der Waals surface area (Å²) in [6.45, 7) is 9.48. The van der Waals surface area contributed by atoms with Gasteiger partial charge in [-0.1, -0.05) is 19.9 Å². The number of carbonyl (C=O) groups excluding carboxylic acids is 3. The topological polar surface area (TPSA) is 101 Å². The van der Waals surface area contributed by atoms with Crippen LogP contribution in [0.15, 0.2) is 29.4 Å². The second-order valence-corrected chi connectivity index (χ2v) is 16.1. The Morgan fingerprint density at radius 2 is 1.73 bits per heavy atom. The zero-order valence-electron chi connectivity index (χ0n) is 30.3. The molecule has 1 N–H and O–H groups in total. The van der Waals surface area contributed by atoms with Crippen molar-refractivity contribution in [3.8, 4) is 0 Å². The highest BCUT2D eigenvalue weighted by Crippen LogP contribution is 2.40. The third-order valence-electron chi connectivity index (χ3n) is 12.1. The molecule has 1 aromatic carbocycles. The van der Waals surface area contributed by atoms with E-state index < -0.39 is 29.7 Å². The van der Waals surface area contributed by atoms with Gasteiger partial charge in [0.2, 0.25) is 11.8 Å². The minimum atomic E-state index is -0.667. The van der Waals surface area contributed by atoms with Gasteiger partial charge in [-0.05, 0) is 76.0 Å². The first-order valence-corrected chi connectivity index (χ1v) is 18.9. The maximum atomic E-state index is 14.9. The Kier molecular flexibility index (Phi) is 10.4. The largest absolute Gasteiger partial charge is 0.368 e. The zero-order valence-corrected chi connectivity index (χ0v) is 30.3. The Labute approximate surface area is 300 Å². The molecule has 13 heteroatoms. The summed E-state index contributed by atoms with van der Waals surface area (Å²) in [5, 5.41) is 4.51. The van der Waals surface area contributed by atoms with Gasteiger partial charge in [-0.25, -0.2) is 8.78 Å². The van der Waals surface area contributed by atoms with E-state index in [1.807, 2.05) is 27.8 Å². The number of likely N-dealkylation sites (tertiary alicyclic amines) is 2. The van der Waals surface area contributed by atoms with Crippen LogP contribution >= 0.6 is 0 Å². The summed E-state index contributed by atoms with van der Waals surface area (Å²) in [6, 6.07) is 2.64. The number of hydrogen-bond acceptors (Lipinski definition) is 8. The quantitative estimate of drug-likeness (QED) is 0.484. The molecule has 1 saturated carbocycles. The molecule has 5 fully saturated rings. The molecular formula is C38H53F2N7O4. The first-order chi connectivity index (χ1) is 24.5. The van der Waals surface area contributed by atoms with Gasteiger partial charge in [0.15, 0.2) is 5.84 Å². The van der Waals surface area contributed by atoms with Crippen molar-refractivity contribution in [2.75, 3.05) is 66.0 Å². The predicted octanol–water partition coefficient (Wildman–Crippen LogP) is 3.31. The average Bonchev–Trinajstić information content (AvgIpc) is 3.91. The normalized spacial score (nSPS) is 28.8. The SMILES string of the molecule is CN1CCN(C(=O)[C@@H]2CC(N(C(=O)[C@@H]3CCCO3)C3CCC(C)(C)CC3)CN2C(=O)[C@H]2CCN(C3=NNCC=C3c3ccc(F)cc3F)C2)CC1. The van der Waals surface area contributed by atoms with Crippen molar-refractivity contribution in [2.45, 2.75) is 89.4 Å². The Bertz CT molecular complexity index is 1540. The molecule has 5 heterocycles. The Balaban J connectivity index is 1.13. The fraction of sp³-hybridized carbons (Fsp3) is 0.684. The van der Waals surface area contributed by atoms with Crippen molar-refractivity contribution in [2.24, 2.45) is 16.4 Å². The van der Waals surface area contributed by atoms with Gasteiger partial charge >= 0.3 is 0 Å². The van der Waals surface area contributed by atoms with Crippen LogP contribution in [0.5, 0.6) is 0 Å². The third-order valence-corrected chi connectivity index (χ3v) is 12.1. The lowest BCUT2D eigenvalue weighted by atomic mass is 9.75. The van der Waals surface area contributed by atoms with Gasteiger partial charge in [-0.2, -0.15) is 5.10 Å². The van der Waals surface area contributed by atoms with Crippen LogP contribution in [0.3, 0.4) is 0 Å².